The maximum Gasteiger partial charge on any atom is 0.283 e. The molecule has 1 aromatic carbocycles. The van der Waals surface area contributed by atoms with Crippen LogP contribution in [-0.2, 0) is 0 Å². The van der Waals surface area contributed by atoms with Gasteiger partial charge in [-0.3, -0.25) is 14.9 Å². The second-order valence-corrected chi connectivity index (χ2v) is 5.89. The van der Waals surface area contributed by atoms with E-state index in [2.05, 4.69) is 15.5 Å². The summed E-state index contributed by atoms with van der Waals surface area (Å²) < 4.78 is 4.83. The van der Waals surface area contributed by atoms with Gasteiger partial charge in [-0.15, -0.1) is 11.3 Å². The fraction of sp³-hybridized carbons (Fsp3) is 0.214. The summed E-state index contributed by atoms with van der Waals surface area (Å²) in [7, 11) is 1.28. The van der Waals surface area contributed by atoms with Gasteiger partial charge in [0, 0.05) is 0 Å². The number of phenols is 1. The van der Waals surface area contributed by atoms with Gasteiger partial charge in [-0.05, 0) is 19.9 Å². The van der Waals surface area contributed by atoms with Gasteiger partial charge >= 0.3 is 0 Å². The Bertz CT molecular complexity index is 831. The van der Waals surface area contributed by atoms with Crippen LogP contribution in [0.4, 0.5) is 5.69 Å². The van der Waals surface area contributed by atoms with Crippen LogP contribution in [0, 0.1) is 24.0 Å². The van der Waals surface area contributed by atoms with E-state index in [1.165, 1.54) is 18.4 Å². The number of nitro groups is 1. The number of thiazole rings is 1. The molecule has 0 radical (unpaired) electrons. The number of benzene rings is 1. The molecule has 1 amide bonds. The molecule has 0 saturated heterocycles. The van der Waals surface area contributed by atoms with Gasteiger partial charge < -0.3 is 9.84 Å². The molecule has 0 aliphatic carbocycles. The molecule has 0 atom stereocenters. The summed E-state index contributed by atoms with van der Waals surface area (Å²) in [5.41, 5.74) is 2.57. The quantitative estimate of drug-likeness (QED) is 0.483. The molecule has 9 nitrogen and oxygen atoms in total. The van der Waals surface area contributed by atoms with Crippen LogP contribution in [0.3, 0.4) is 0 Å². The number of hydrazone groups is 1. The lowest BCUT2D eigenvalue weighted by Crippen LogP contribution is -2.17. The minimum atomic E-state index is -0.637. The van der Waals surface area contributed by atoms with Gasteiger partial charge in [0.2, 0.25) is 0 Å². The summed E-state index contributed by atoms with van der Waals surface area (Å²) >= 11 is 1.22. The van der Waals surface area contributed by atoms with Crippen LogP contribution in [0.5, 0.6) is 11.5 Å². The Hall–Kier alpha value is -3.01. The smallest absolute Gasteiger partial charge is 0.283 e. The molecule has 0 unspecified atom stereocenters. The topological polar surface area (TPSA) is 127 Å². The summed E-state index contributed by atoms with van der Waals surface area (Å²) in [5, 5.41) is 25.3. The molecule has 1 heterocycles. The molecule has 2 N–H and O–H groups in total. The maximum absolute atomic E-state index is 12.0. The van der Waals surface area contributed by atoms with Gasteiger partial charge in [-0.1, -0.05) is 0 Å². The zero-order chi connectivity index (χ0) is 17.9. The summed E-state index contributed by atoms with van der Waals surface area (Å²) in [5.74, 6) is -0.766. The minimum absolute atomic E-state index is 0.0239. The molecule has 0 bridgehead atoms. The van der Waals surface area contributed by atoms with Gasteiger partial charge in [0.05, 0.1) is 40.6 Å². The second kappa shape index (κ2) is 7.04. The van der Waals surface area contributed by atoms with Crippen molar-refractivity contribution in [2.24, 2.45) is 5.10 Å². The number of phenolic OH excluding ortho intramolecular Hbond substituents is 1. The molecule has 10 heteroatoms. The zero-order valence-corrected chi connectivity index (χ0v) is 13.9. The first kappa shape index (κ1) is 17.3. The van der Waals surface area contributed by atoms with Gasteiger partial charge in [0.1, 0.15) is 4.88 Å². The number of methoxy groups -OCH3 is 1. The van der Waals surface area contributed by atoms with Crippen LogP contribution in [0.2, 0.25) is 0 Å². The largest absolute Gasteiger partial charge is 0.504 e. The van der Waals surface area contributed by atoms with Crippen LogP contribution < -0.4 is 10.2 Å². The predicted octanol–water partition coefficient (Wildman–Crippen LogP) is 2.15. The molecule has 2 rings (SSSR count). The Labute approximate surface area is 140 Å². The number of ether oxygens (including phenoxy) is 1. The number of hydrogen-bond donors (Lipinski definition) is 2. The van der Waals surface area contributed by atoms with E-state index in [1.54, 1.807) is 13.8 Å². The van der Waals surface area contributed by atoms with E-state index in [0.29, 0.717) is 10.6 Å². The van der Waals surface area contributed by atoms with Crippen LogP contribution in [0.1, 0.15) is 25.9 Å². The summed E-state index contributed by atoms with van der Waals surface area (Å²) in [6.07, 6.45) is 1.08. The van der Waals surface area contributed by atoms with Gasteiger partial charge in [0.25, 0.3) is 11.6 Å². The van der Waals surface area contributed by atoms with E-state index in [0.717, 1.165) is 23.4 Å². The van der Waals surface area contributed by atoms with E-state index in [-0.39, 0.29) is 22.7 Å². The lowest BCUT2D eigenvalue weighted by atomic mass is 10.1. The number of aromatic nitrogens is 1. The number of hydrogen-bond acceptors (Lipinski definition) is 8. The summed E-state index contributed by atoms with van der Waals surface area (Å²) in [6, 6.07) is 2.21. The number of amides is 1. The van der Waals surface area contributed by atoms with E-state index >= 15 is 0 Å². The number of nitrogens with one attached hydrogen (secondary N) is 1. The first-order chi connectivity index (χ1) is 11.3. The Kier molecular flexibility index (Phi) is 5.09. The molecular formula is C14H14N4O5S. The molecular weight excluding hydrogens is 336 g/mol. The Morgan fingerprint density at radius 2 is 2.21 bits per heavy atom. The van der Waals surface area contributed by atoms with Crippen molar-refractivity contribution in [1.29, 1.82) is 0 Å². The first-order valence-electron chi connectivity index (χ1n) is 6.66. The average Bonchev–Trinajstić information content (AvgIpc) is 2.85. The van der Waals surface area contributed by atoms with Gasteiger partial charge in [-0.2, -0.15) is 5.10 Å². The standard InChI is InChI=1S/C14H14N4O5S/c1-7-13(24-8(2)16-7)14(20)17-15-6-9-4-11(19)12(23-3)5-10(9)18(21)22/h4-6,19H,1-3H3,(H,17,20)/b15-6+. The van der Waals surface area contributed by atoms with Crippen molar-refractivity contribution >= 4 is 29.1 Å². The third-order valence-electron chi connectivity index (χ3n) is 3.00. The third kappa shape index (κ3) is 3.66. The van der Waals surface area contributed by atoms with Crippen molar-refractivity contribution in [2.45, 2.75) is 13.8 Å². The number of nitro benzene ring substituents is 1. The summed E-state index contributed by atoms with van der Waals surface area (Å²) in [6.45, 7) is 3.48. The van der Waals surface area contributed by atoms with Crippen molar-refractivity contribution in [3.05, 3.63) is 43.4 Å². The number of nitrogens with zero attached hydrogens (tertiary/aromatic N) is 3. The van der Waals surface area contributed by atoms with Crippen molar-refractivity contribution in [2.75, 3.05) is 7.11 Å². The van der Waals surface area contributed by atoms with Crippen molar-refractivity contribution in [3.63, 3.8) is 0 Å². The minimum Gasteiger partial charge on any atom is -0.504 e. The highest BCUT2D eigenvalue weighted by atomic mass is 32.1. The highest BCUT2D eigenvalue weighted by Crippen LogP contribution is 2.32. The fourth-order valence-electron chi connectivity index (χ4n) is 1.95. The van der Waals surface area contributed by atoms with Gasteiger partial charge in [0.15, 0.2) is 11.5 Å². The first-order valence-corrected chi connectivity index (χ1v) is 7.48. The Morgan fingerprint density at radius 1 is 1.50 bits per heavy atom. The normalized spacial score (nSPS) is 10.8. The molecule has 0 fully saturated rings. The number of carbonyl (C=O) groups excluding carboxylic acids is 1. The second-order valence-electron chi connectivity index (χ2n) is 4.69. The molecule has 126 valence electrons. The molecule has 2 aromatic rings. The molecule has 0 aliphatic rings. The SMILES string of the molecule is COc1cc([N+](=O)[O-])c(/C=N/NC(=O)c2sc(C)nc2C)cc1O. The Morgan fingerprint density at radius 3 is 2.75 bits per heavy atom. The highest BCUT2D eigenvalue weighted by Gasteiger charge is 2.18. The number of aryl methyl sites for hydroxylation is 2. The average molecular weight is 350 g/mol. The molecule has 0 aliphatic heterocycles. The fourth-order valence-corrected chi connectivity index (χ4v) is 2.76. The highest BCUT2D eigenvalue weighted by molar-refractivity contribution is 7.13. The number of rotatable bonds is 5. The van der Waals surface area contributed by atoms with Crippen molar-refractivity contribution in [3.8, 4) is 11.5 Å². The van der Waals surface area contributed by atoms with Crippen molar-refractivity contribution in [1.82, 2.24) is 10.4 Å². The van der Waals surface area contributed by atoms with Crippen molar-refractivity contribution < 1.29 is 19.6 Å². The predicted molar refractivity (Wildman–Crippen MR) is 88.0 cm³/mol. The van der Waals surface area contributed by atoms with E-state index < -0.39 is 10.8 Å². The zero-order valence-electron chi connectivity index (χ0n) is 13.1. The van der Waals surface area contributed by atoms with Crippen LogP contribution in [-0.4, -0.2) is 34.2 Å². The third-order valence-corrected chi connectivity index (χ3v) is 4.08. The lowest BCUT2D eigenvalue weighted by molar-refractivity contribution is -0.385. The lowest BCUT2D eigenvalue weighted by Gasteiger charge is -2.05. The van der Waals surface area contributed by atoms with Gasteiger partial charge in [-0.25, -0.2) is 10.4 Å². The molecule has 0 spiro atoms. The monoisotopic (exact) mass is 350 g/mol. The molecule has 1 aromatic heterocycles. The van der Waals surface area contributed by atoms with Crippen LogP contribution in [0.25, 0.3) is 0 Å². The van der Waals surface area contributed by atoms with E-state index in [9.17, 15) is 20.0 Å². The molecule has 0 saturated carbocycles. The van der Waals surface area contributed by atoms with Crippen LogP contribution in [0.15, 0.2) is 17.2 Å². The number of aromatic hydroxyl groups is 1. The van der Waals surface area contributed by atoms with Crippen LogP contribution >= 0.6 is 11.3 Å². The van der Waals surface area contributed by atoms with E-state index in [4.69, 9.17) is 4.74 Å². The van der Waals surface area contributed by atoms with E-state index in [1.807, 2.05) is 0 Å². The Balaban J connectivity index is 2.22. The number of carbonyl (C=O) groups is 1. The molecule has 24 heavy (non-hydrogen) atoms. The maximum atomic E-state index is 12.0. The summed E-state index contributed by atoms with van der Waals surface area (Å²) in [4.78, 5) is 27.0.